The highest BCUT2D eigenvalue weighted by molar-refractivity contribution is 8.15. The van der Waals surface area contributed by atoms with E-state index in [4.69, 9.17) is 11.6 Å². The van der Waals surface area contributed by atoms with Crippen molar-refractivity contribution in [2.45, 2.75) is 44.1 Å². The van der Waals surface area contributed by atoms with Crippen LogP contribution in [0.5, 0.6) is 0 Å². The van der Waals surface area contributed by atoms with Crippen LogP contribution in [0.1, 0.15) is 38.1 Å². The van der Waals surface area contributed by atoms with Crippen LogP contribution in [0.25, 0.3) is 0 Å². The zero-order valence-electron chi connectivity index (χ0n) is 17.1. The number of nitrogens with zero attached hydrogens (tertiary/aromatic N) is 4. The van der Waals surface area contributed by atoms with Crippen LogP contribution in [0.4, 0.5) is 10.1 Å². The summed E-state index contributed by atoms with van der Waals surface area (Å²) in [5, 5.41) is 9.50. The Morgan fingerprint density at radius 3 is 2.53 bits per heavy atom. The van der Waals surface area contributed by atoms with E-state index in [2.05, 4.69) is 29.1 Å². The van der Waals surface area contributed by atoms with E-state index in [1.807, 2.05) is 13.8 Å². The maximum absolute atomic E-state index is 14.9. The van der Waals surface area contributed by atoms with Crippen molar-refractivity contribution in [1.82, 2.24) is 0 Å². The molecular weight excluding hydrogens is 423 g/mol. The number of amidine groups is 1. The van der Waals surface area contributed by atoms with Crippen LogP contribution in [0.2, 0.25) is 5.02 Å². The first-order valence-corrected chi connectivity index (χ1v) is 11.0. The quantitative estimate of drug-likeness (QED) is 0.566. The fourth-order valence-corrected chi connectivity index (χ4v) is 5.62. The standard InChI is InChI=1S/C22H22ClFN4OS/c1-13(2)21(3)22(4)19(26-27-21)30-20(28(22)17-12-8-7-11-16(17)24)25-18(29)14-9-5-6-10-15(14)23/h5-13,19H,1-4H3. The van der Waals surface area contributed by atoms with Crippen LogP contribution in [0.15, 0.2) is 63.8 Å². The molecular formula is C22H22ClFN4OS. The van der Waals surface area contributed by atoms with E-state index >= 15 is 0 Å². The van der Waals surface area contributed by atoms with Gasteiger partial charge in [0.1, 0.15) is 22.3 Å². The third-order valence-electron chi connectivity index (χ3n) is 6.27. The van der Waals surface area contributed by atoms with Crippen molar-refractivity contribution >= 4 is 40.1 Å². The van der Waals surface area contributed by atoms with E-state index in [-0.39, 0.29) is 11.3 Å². The normalized spacial score (nSPS) is 29.1. The maximum atomic E-state index is 14.9. The first-order chi connectivity index (χ1) is 14.2. The zero-order chi connectivity index (χ0) is 21.7. The molecule has 0 radical (unpaired) electrons. The molecule has 156 valence electrons. The molecule has 3 unspecified atom stereocenters. The number of aliphatic imine (C=N–C) groups is 1. The molecule has 0 aliphatic carbocycles. The van der Waals surface area contributed by atoms with Gasteiger partial charge in [-0.05, 0) is 44.0 Å². The number of benzene rings is 2. The molecule has 0 aromatic heterocycles. The molecule has 1 saturated heterocycles. The summed E-state index contributed by atoms with van der Waals surface area (Å²) in [4.78, 5) is 19.1. The molecule has 5 nitrogen and oxygen atoms in total. The van der Waals surface area contributed by atoms with Crippen LogP contribution in [-0.2, 0) is 0 Å². The molecule has 0 spiro atoms. The van der Waals surface area contributed by atoms with Crippen molar-refractivity contribution < 1.29 is 9.18 Å². The van der Waals surface area contributed by atoms with Gasteiger partial charge in [-0.2, -0.15) is 15.2 Å². The van der Waals surface area contributed by atoms with E-state index in [1.165, 1.54) is 17.8 Å². The minimum Gasteiger partial charge on any atom is -0.306 e. The highest BCUT2D eigenvalue weighted by Crippen LogP contribution is 2.56. The highest BCUT2D eigenvalue weighted by atomic mass is 35.5. The monoisotopic (exact) mass is 444 g/mol. The molecule has 2 aromatic rings. The molecule has 2 aliphatic heterocycles. The predicted molar refractivity (Wildman–Crippen MR) is 120 cm³/mol. The zero-order valence-corrected chi connectivity index (χ0v) is 18.7. The Morgan fingerprint density at radius 2 is 1.87 bits per heavy atom. The minimum atomic E-state index is -0.701. The Labute approximate surface area is 184 Å². The first-order valence-electron chi connectivity index (χ1n) is 9.71. The van der Waals surface area contributed by atoms with Crippen molar-refractivity contribution in [2.75, 3.05) is 4.90 Å². The van der Waals surface area contributed by atoms with Gasteiger partial charge in [0.25, 0.3) is 5.91 Å². The summed E-state index contributed by atoms with van der Waals surface area (Å²) in [5.74, 6) is -0.739. The Balaban J connectivity index is 1.88. The van der Waals surface area contributed by atoms with E-state index in [0.717, 1.165) is 0 Å². The number of carbonyl (C=O) groups is 1. The Morgan fingerprint density at radius 1 is 1.20 bits per heavy atom. The number of thioether (sulfide) groups is 1. The molecule has 0 saturated carbocycles. The van der Waals surface area contributed by atoms with E-state index in [1.54, 1.807) is 47.4 Å². The number of rotatable bonds is 3. The molecule has 30 heavy (non-hydrogen) atoms. The van der Waals surface area contributed by atoms with Crippen LogP contribution >= 0.6 is 23.4 Å². The molecule has 8 heteroatoms. The number of carbonyl (C=O) groups excluding carboxylic acids is 1. The second-order valence-corrected chi connectivity index (χ2v) is 9.56. The average Bonchev–Trinajstić information content (AvgIpc) is 3.13. The first kappa shape index (κ1) is 21.0. The van der Waals surface area contributed by atoms with Crippen molar-refractivity contribution in [1.29, 1.82) is 0 Å². The maximum Gasteiger partial charge on any atom is 0.280 e. The van der Waals surface area contributed by atoms with Crippen LogP contribution < -0.4 is 4.90 Å². The summed E-state index contributed by atoms with van der Waals surface area (Å²) in [7, 11) is 0. The number of anilines is 1. The van der Waals surface area contributed by atoms with Crippen molar-refractivity contribution in [3.63, 3.8) is 0 Å². The fourth-order valence-electron chi connectivity index (χ4n) is 4.01. The molecule has 3 atom stereocenters. The number of azo groups is 1. The van der Waals surface area contributed by atoms with E-state index in [9.17, 15) is 9.18 Å². The molecule has 2 aliphatic rings. The van der Waals surface area contributed by atoms with Gasteiger partial charge in [-0.25, -0.2) is 4.39 Å². The van der Waals surface area contributed by atoms with Gasteiger partial charge in [0.2, 0.25) is 0 Å². The lowest BCUT2D eigenvalue weighted by molar-refractivity contribution is 0.100. The minimum absolute atomic E-state index is 0.129. The summed E-state index contributed by atoms with van der Waals surface area (Å²) in [6, 6.07) is 13.3. The third-order valence-corrected chi connectivity index (χ3v) is 7.86. The van der Waals surface area contributed by atoms with Gasteiger partial charge in [0.15, 0.2) is 5.17 Å². The lowest BCUT2D eigenvalue weighted by Crippen LogP contribution is -2.62. The topological polar surface area (TPSA) is 57.4 Å². The van der Waals surface area contributed by atoms with Crippen LogP contribution in [0.3, 0.4) is 0 Å². The summed E-state index contributed by atoms with van der Waals surface area (Å²) in [5.41, 5.74) is -0.651. The number of halogens is 2. The molecule has 1 fully saturated rings. The summed E-state index contributed by atoms with van der Waals surface area (Å²) < 4.78 is 14.9. The second-order valence-electron chi connectivity index (χ2n) is 8.10. The molecule has 1 amide bonds. The van der Waals surface area contributed by atoms with E-state index in [0.29, 0.717) is 21.4 Å². The van der Waals surface area contributed by atoms with Crippen LogP contribution in [0, 0.1) is 11.7 Å². The Hall–Kier alpha value is -2.25. The molecule has 4 rings (SSSR count). The smallest absolute Gasteiger partial charge is 0.280 e. The molecule has 2 heterocycles. The van der Waals surface area contributed by atoms with Crippen molar-refractivity contribution in [3.05, 3.63) is 64.9 Å². The SMILES string of the molecule is CC(C)C1(C)N=NC2SC(=NC(=O)c3ccccc3Cl)N(c3ccccc3F)C21C. The predicted octanol–water partition coefficient (Wildman–Crippen LogP) is 6.19. The van der Waals surface area contributed by atoms with Gasteiger partial charge in [0, 0.05) is 0 Å². The van der Waals surface area contributed by atoms with Crippen molar-refractivity contribution in [2.24, 2.45) is 21.1 Å². The largest absolute Gasteiger partial charge is 0.306 e. The molecule has 0 bridgehead atoms. The average molecular weight is 445 g/mol. The van der Waals surface area contributed by atoms with Gasteiger partial charge >= 0.3 is 0 Å². The fraction of sp³-hybridized carbons (Fsp3) is 0.364. The second kappa shape index (κ2) is 7.46. The van der Waals surface area contributed by atoms with Gasteiger partial charge in [-0.3, -0.25) is 4.79 Å². The number of hydrogen-bond acceptors (Lipinski definition) is 4. The van der Waals surface area contributed by atoms with Crippen LogP contribution in [-0.4, -0.2) is 27.5 Å². The number of amides is 1. The van der Waals surface area contributed by atoms with E-state index < -0.39 is 22.8 Å². The van der Waals surface area contributed by atoms with Gasteiger partial charge < -0.3 is 4.90 Å². The lowest BCUT2D eigenvalue weighted by atomic mass is 9.72. The van der Waals surface area contributed by atoms with Crippen molar-refractivity contribution in [3.8, 4) is 0 Å². The summed E-state index contributed by atoms with van der Waals surface area (Å²) >= 11 is 7.51. The Bertz CT molecular complexity index is 1070. The van der Waals surface area contributed by atoms with Gasteiger partial charge in [-0.1, -0.05) is 61.5 Å². The molecule has 0 N–H and O–H groups in total. The van der Waals surface area contributed by atoms with Gasteiger partial charge in [-0.15, -0.1) is 0 Å². The van der Waals surface area contributed by atoms with Gasteiger partial charge in [0.05, 0.1) is 16.3 Å². The summed E-state index contributed by atoms with van der Waals surface area (Å²) in [6.45, 7) is 8.18. The highest BCUT2D eigenvalue weighted by Gasteiger charge is 2.65. The third kappa shape index (κ3) is 2.98. The lowest BCUT2D eigenvalue weighted by Gasteiger charge is -2.46. The molecule has 2 aromatic carbocycles. The summed E-state index contributed by atoms with van der Waals surface area (Å²) in [6.07, 6.45) is 0. The number of fused-ring (bicyclic) bond motifs is 1. The Kier molecular flexibility index (Phi) is 5.22. The number of para-hydroxylation sites is 1. The number of hydrogen-bond donors (Lipinski definition) is 0.